The standard InChI is InChI=1S/C17H23N5S/c1-14-15(12-18-20(14)2)13-21-8-10-22(11-9-21)17(23)19-16-6-4-3-5-7-16/h3-7,12H,8-11,13H2,1-2H3,(H,19,23). The lowest BCUT2D eigenvalue weighted by Gasteiger charge is -2.36. The van der Waals surface area contributed by atoms with Crippen LogP contribution in [0.5, 0.6) is 0 Å². The molecule has 1 aliphatic rings. The highest BCUT2D eigenvalue weighted by molar-refractivity contribution is 7.80. The first-order chi connectivity index (χ1) is 11.1. The summed E-state index contributed by atoms with van der Waals surface area (Å²) in [7, 11) is 1.99. The van der Waals surface area contributed by atoms with E-state index in [-0.39, 0.29) is 0 Å². The minimum absolute atomic E-state index is 0.813. The smallest absolute Gasteiger partial charge is 0.173 e. The Kier molecular flexibility index (Phi) is 4.93. The van der Waals surface area contributed by atoms with E-state index in [2.05, 4.69) is 27.1 Å². The number of aryl methyl sites for hydroxylation is 1. The normalized spacial score (nSPS) is 15.7. The number of para-hydroxylation sites is 1. The summed E-state index contributed by atoms with van der Waals surface area (Å²) in [6.07, 6.45) is 1.98. The molecule has 6 heteroatoms. The average molecular weight is 329 g/mol. The molecule has 1 saturated heterocycles. The van der Waals surface area contributed by atoms with Crippen molar-refractivity contribution >= 4 is 23.0 Å². The van der Waals surface area contributed by atoms with Crippen molar-refractivity contribution in [1.82, 2.24) is 19.6 Å². The van der Waals surface area contributed by atoms with Crippen molar-refractivity contribution in [2.45, 2.75) is 13.5 Å². The van der Waals surface area contributed by atoms with Crippen LogP contribution < -0.4 is 5.32 Å². The molecule has 0 saturated carbocycles. The molecule has 1 fully saturated rings. The van der Waals surface area contributed by atoms with Gasteiger partial charge >= 0.3 is 0 Å². The zero-order valence-electron chi connectivity index (χ0n) is 13.7. The number of aromatic nitrogens is 2. The van der Waals surface area contributed by atoms with Crippen LogP contribution in [0.15, 0.2) is 36.5 Å². The summed E-state index contributed by atoms with van der Waals surface area (Å²) in [5.74, 6) is 0. The number of rotatable bonds is 3. The van der Waals surface area contributed by atoms with Crippen LogP contribution in [0.3, 0.4) is 0 Å². The number of benzene rings is 1. The van der Waals surface area contributed by atoms with Crippen molar-refractivity contribution in [1.29, 1.82) is 0 Å². The van der Waals surface area contributed by atoms with Crippen LogP contribution in [0.2, 0.25) is 0 Å². The molecule has 0 radical (unpaired) electrons. The Hall–Kier alpha value is -1.92. The molecule has 2 heterocycles. The van der Waals surface area contributed by atoms with Gasteiger partial charge in [-0.2, -0.15) is 5.10 Å². The topological polar surface area (TPSA) is 36.3 Å². The summed E-state index contributed by atoms with van der Waals surface area (Å²) in [5.41, 5.74) is 3.60. The van der Waals surface area contributed by atoms with E-state index in [1.54, 1.807) is 0 Å². The summed E-state index contributed by atoms with van der Waals surface area (Å²) < 4.78 is 1.94. The molecular formula is C17H23N5S. The Labute approximate surface area is 142 Å². The Morgan fingerprint density at radius 1 is 1.17 bits per heavy atom. The summed E-state index contributed by atoms with van der Waals surface area (Å²) in [4.78, 5) is 4.71. The van der Waals surface area contributed by atoms with Crippen molar-refractivity contribution in [3.63, 3.8) is 0 Å². The van der Waals surface area contributed by atoms with Gasteiger partial charge in [-0.1, -0.05) is 18.2 Å². The van der Waals surface area contributed by atoms with Crippen LogP contribution in [-0.2, 0) is 13.6 Å². The van der Waals surface area contributed by atoms with E-state index in [9.17, 15) is 0 Å². The molecule has 3 rings (SSSR count). The summed E-state index contributed by atoms with van der Waals surface area (Å²) >= 11 is 5.53. The van der Waals surface area contributed by atoms with Gasteiger partial charge < -0.3 is 10.2 Å². The van der Waals surface area contributed by atoms with Crippen LogP contribution in [0.4, 0.5) is 5.69 Å². The SMILES string of the molecule is Cc1c(CN2CCN(C(=S)Nc3ccccc3)CC2)cnn1C. The van der Waals surface area contributed by atoms with Gasteiger partial charge in [0.05, 0.1) is 6.20 Å². The van der Waals surface area contributed by atoms with Gasteiger partial charge in [-0.05, 0) is 31.3 Å². The Balaban J connectivity index is 1.50. The second kappa shape index (κ2) is 7.10. The van der Waals surface area contributed by atoms with Gasteiger partial charge in [-0.15, -0.1) is 0 Å². The molecular weight excluding hydrogens is 306 g/mol. The third-order valence-electron chi connectivity index (χ3n) is 4.42. The van der Waals surface area contributed by atoms with E-state index >= 15 is 0 Å². The maximum Gasteiger partial charge on any atom is 0.173 e. The third-order valence-corrected chi connectivity index (χ3v) is 4.78. The maximum absolute atomic E-state index is 5.53. The lowest BCUT2D eigenvalue weighted by molar-refractivity contribution is 0.176. The van der Waals surface area contributed by atoms with E-state index in [0.717, 1.165) is 43.5 Å². The van der Waals surface area contributed by atoms with Crippen LogP contribution >= 0.6 is 12.2 Å². The molecule has 1 aromatic heterocycles. The van der Waals surface area contributed by atoms with Gasteiger partial charge in [-0.3, -0.25) is 9.58 Å². The van der Waals surface area contributed by atoms with E-state index < -0.39 is 0 Å². The number of nitrogens with zero attached hydrogens (tertiary/aromatic N) is 4. The van der Waals surface area contributed by atoms with Gasteiger partial charge in [0.2, 0.25) is 0 Å². The van der Waals surface area contributed by atoms with Crippen LogP contribution in [0, 0.1) is 6.92 Å². The lowest BCUT2D eigenvalue weighted by atomic mass is 10.2. The number of hydrogen-bond donors (Lipinski definition) is 1. The predicted molar refractivity (Wildman–Crippen MR) is 97.5 cm³/mol. The highest BCUT2D eigenvalue weighted by Gasteiger charge is 2.20. The molecule has 2 aromatic rings. The first kappa shape index (κ1) is 16.0. The average Bonchev–Trinajstić information content (AvgIpc) is 2.88. The van der Waals surface area contributed by atoms with Crippen LogP contribution in [-0.4, -0.2) is 50.9 Å². The van der Waals surface area contributed by atoms with Crippen LogP contribution in [0.25, 0.3) is 0 Å². The summed E-state index contributed by atoms with van der Waals surface area (Å²) in [6, 6.07) is 10.1. The Morgan fingerprint density at radius 3 is 2.48 bits per heavy atom. The van der Waals surface area contributed by atoms with Crippen molar-refractivity contribution in [2.24, 2.45) is 7.05 Å². The quantitative estimate of drug-likeness (QED) is 0.874. The van der Waals surface area contributed by atoms with Gasteiger partial charge in [-0.25, -0.2) is 0 Å². The Morgan fingerprint density at radius 2 is 1.87 bits per heavy atom. The lowest BCUT2D eigenvalue weighted by Crippen LogP contribution is -2.49. The van der Waals surface area contributed by atoms with E-state index in [4.69, 9.17) is 12.2 Å². The van der Waals surface area contributed by atoms with Gasteiger partial charge in [0, 0.05) is 56.7 Å². The fraction of sp³-hybridized carbons (Fsp3) is 0.412. The van der Waals surface area contributed by atoms with E-state index in [0.29, 0.717) is 0 Å². The van der Waals surface area contributed by atoms with Crippen LogP contribution in [0.1, 0.15) is 11.3 Å². The largest absolute Gasteiger partial charge is 0.346 e. The Bertz CT molecular complexity index is 659. The first-order valence-corrected chi connectivity index (χ1v) is 8.35. The first-order valence-electron chi connectivity index (χ1n) is 7.94. The zero-order valence-corrected chi connectivity index (χ0v) is 14.5. The number of piperazine rings is 1. The van der Waals surface area contributed by atoms with Gasteiger partial charge in [0.1, 0.15) is 0 Å². The highest BCUT2D eigenvalue weighted by atomic mass is 32.1. The molecule has 5 nitrogen and oxygen atoms in total. The minimum atomic E-state index is 0.813. The zero-order chi connectivity index (χ0) is 16.2. The number of nitrogens with one attached hydrogen (secondary N) is 1. The highest BCUT2D eigenvalue weighted by Crippen LogP contribution is 2.13. The predicted octanol–water partition coefficient (Wildman–Crippen LogP) is 2.24. The molecule has 23 heavy (non-hydrogen) atoms. The van der Waals surface area contributed by atoms with Gasteiger partial charge in [0.15, 0.2) is 5.11 Å². The molecule has 0 aliphatic carbocycles. The summed E-state index contributed by atoms with van der Waals surface area (Å²) in [6.45, 7) is 7.04. The summed E-state index contributed by atoms with van der Waals surface area (Å²) in [5, 5.41) is 8.45. The molecule has 1 N–H and O–H groups in total. The second-order valence-corrected chi connectivity index (χ2v) is 6.32. The van der Waals surface area contributed by atoms with E-state index in [1.807, 2.05) is 48.3 Å². The monoisotopic (exact) mass is 329 g/mol. The molecule has 1 aromatic carbocycles. The van der Waals surface area contributed by atoms with Crippen molar-refractivity contribution in [2.75, 3.05) is 31.5 Å². The second-order valence-electron chi connectivity index (χ2n) is 5.94. The van der Waals surface area contributed by atoms with Crippen molar-refractivity contribution < 1.29 is 0 Å². The van der Waals surface area contributed by atoms with Gasteiger partial charge in [0.25, 0.3) is 0 Å². The third kappa shape index (κ3) is 3.89. The minimum Gasteiger partial charge on any atom is -0.346 e. The number of anilines is 1. The maximum atomic E-state index is 5.53. The number of thiocarbonyl (C=S) groups is 1. The molecule has 0 unspecified atom stereocenters. The number of hydrogen-bond acceptors (Lipinski definition) is 3. The fourth-order valence-electron chi connectivity index (χ4n) is 2.77. The molecule has 0 amide bonds. The molecule has 122 valence electrons. The molecule has 0 atom stereocenters. The fourth-order valence-corrected chi connectivity index (χ4v) is 3.07. The van der Waals surface area contributed by atoms with Crippen molar-refractivity contribution in [3.05, 3.63) is 47.8 Å². The molecule has 1 aliphatic heterocycles. The molecule has 0 bridgehead atoms. The molecule has 0 spiro atoms. The van der Waals surface area contributed by atoms with Crippen molar-refractivity contribution in [3.8, 4) is 0 Å². The van der Waals surface area contributed by atoms with E-state index in [1.165, 1.54) is 11.3 Å².